The van der Waals surface area contributed by atoms with Gasteiger partial charge in [-0.2, -0.15) is 0 Å². The smallest absolute Gasteiger partial charge is 0.161 e. The van der Waals surface area contributed by atoms with Gasteiger partial charge in [0.25, 0.3) is 0 Å². The second-order valence-corrected chi connectivity index (χ2v) is 5.31. The zero-order chi connectivity index (χ0) is 15.5. The molecule has 22 heavy (non-hydrogen) atoms. The number of ether oxygens (including phenoxy) is 3. The Morgan fingerprint density at radius 2 is 1.50 bits per heavy atom. The molecule has 0 amide bonds. The van der Waals surface area contributed by atoms with Crippen LogP contribution in [0.4, 0.5) is 0 Å². The van der Waals surface area contributed by atoms with E-state index in [9.17, 15) is 0 Å². The highest BCUT2D eigenvalue weighted by Gasteiger charge is 2.19. The average Bonchev–Trinajstić information content (AvgIpc) is 2.96. The Bertz CT molecular complexity index is 699. The average molecular weight is 296 g/mol. The van der Waals surface area contributed by atoms with Gasteiger partial charge in [-0.05, 0) is 59.4 Å². The topological polar surface area (TPSA) is 27.7 Å². The maximum atomic E-state index is 5.42. The van der Waals surface area contributed by atoms with Crippen LogP contribution in [0.25, 0.3) is 11.6 Å². The molecule has 0 spiro atoms. The van der Waals surface area contributed by atoms with Gasteiger partial charge >= 0.3 is 0 Å². The number of benzene rings is 2. The van der Waals surface area contributed by atoms with E-state index in [2.05, 4.69) is 30.3 Å². The first-order chi connectivity index (χ1) is 10.7. The zero-order valence-electron chi connectivity index (χ0n) is 13.2. The van der Waals surface area contributed by atoms with E-state index in [1.165, 1.54) is 22.3 Å². The van der Waals surface area contributed by atoms with E-state index in [1.54, 1.807) is 21.3 Å². The van der Waals surface area contributed by atoms with Gasteiger partial charge in [-0.3, -0.25) is 0 Å². The van der Waals surface area contributed by atoms with Gasteiger partial charge < -0.3 is 14.2 Å². The number of hydrogen-bond donors (Lipinski definition) is 0. The highest BCUT2D eigenvalue weighted by Crippen LogP contribution is 2.40. The third-order valence-corrected chi connectivity index (χ3v) is 4.08. The van der Waals surface area contributed by atoms with Crippen LogP contribution in [0.2, 0.25) is 0 Å². The van der Waals surface area contributed by atoms with Gasteiger partial charge in [0.15, 0.2) is 11.5 Å². The summed E-state index contributed by atoms with van der Waals surface area (Å²) in [5.74, 6) is 2.45. The summed E-state index contributed by atoms with van der Waals surface area (Å²) in [5, 5.41) is 0. The molecule has 1 aliphatic rings. The van der Waals surface area contributed by atoms with Crippen molar-refractivity contribution < 1.29 is 14.2 Å². The van der Waals surface area contributed by atoms with Crippen LogP contribution >= 0.6 is 0 Å². The number of fused-ring (bicyclic) bond motifs is 1. The largest absolute Gasteiger partial charge is 0.497 e. The van der Waals surface area contributed by atoms with Crippen molar-refractivity contribution in [1.29, 1.82) is 0 Å². The van der Waals surface area contributed by atoms with Crippen LogP contribution in [0.1, 0.15) is 23.1 Å². The summed E-state index contributed by atoms with van der Waals surface area (Å²) in [6, 6.07) is 12.3. The standard InChI is InChI=1S/C19H20O3/c1-20-16-8-4-13(5-9-16)10-14-6-7-15-11-18(21-2)19(22-3)12-17(14)15/h4-5,8-12H,6-7H2,1-3H3/b14-10+. The van der Waals surface area contributed by atoms with Crippen LogP contribution in [0.15, 0.2) is 36.4 Å². The number of methoxy groups -OCH3 is 3. The molecule has 2 aromatic rings. The van der Waals surface area contributed by atoms with Crippen LogP contribution in [0.3, 0.4) is 0 Å². The molecule has 0 saturated carbocycles. The summed E-state index contributed by atoms with van der Waals surface area (Å²) < 4.78 is 16.0. The molecule has 3 heteroatoms. The molecular weight excluding hydrogens is 276 g/mol. The van der Waals surface area contributed by atoms with Gasteiger partial charge in [0.2, 0.25) is 0 Å². The van der Waals surface area contributed by atoms with Gasteiger partial charge in [-0.25, -0.2) is 0 Å². The summed E-state index contributed by atoms with van der Waals surface area (Å²) in [4.78, 5) is 0. The molecule has 3 rings (SSSR count). The minimum Gasteiger partial charge on any atom is -0.497 e. The number of rotatable bonds is 4. The van der Waals surface area contributed by atoms with Gasteiger partial charge in [0.05, 0.1) is 21.3 Å². The molecule has 0 unspecified atom stereocenters. The SMILES string of the molecule is COc1ccc(/C=C2\CCc3cc(OC)c(OC)cc32)cc1. The number of allylic oxidation sites excluding steroid dienone is 1. The van der Waals surface area contributed by atoms with Crippen LogP contribution in [0, 0.1) is 0 Å². The van der Waals surface area contributed by atoms with Crippen molar-refractivity contribution in [2.24, 2.45) is 0 Å². The predicted octanol–water partition coefficient (Wildman–Crippen LogP) is 4.20. The summed E-state index contributed by atoms with van der Waals surface area (Å²) in [5.41, 5.74) is 5.09. The van der Waals surface area contributed by atoms with Crippen LogP contribution in [-0.4, -0.2) is 21.3 Å². The van der Waals surface area contributed by atoms with Crippen molar-refractivity contribution >= 4 is 11.6 Å². The molecule has 0 saturated heterocycles. The molecule has 0 atom stereocenters. The van der Waals surface area contributed by atoms with E-state index in [0.717, 1.165) is 30.1 Å². The Morgan fingerprint density at radius 3 is 2.14 bits per heavy atom. The minimum absolute atomic E-state index is 0.781. The third kappa shape index (κ3) is 2.67. The van der Waals surface area contributed by atoms with Crippen molar-refractivity contribution in [1.82, 2.24) is 0 Å². The predicted molar refractivity (Wildman–Crippen MR) is 88.7 cm³/mol. The monoisotopic (exact) mass is 296 g/mol. The van der Waals surface area contributed by atoms with Gasteiger partial charge in [0, 0.05) is 0 Å². The Morgan fingerprint density at radius 1 is 0.818 bits per heavy atom. The number of aryl methyl sites for hydroxylation is 1. The van der Waals surface area contributed by atoms with Crippen LogP contribution in [0.5, 0.6) is 17.2 Å². The summed E-state index contributed by atoms with van der Waals surface area (Å²) in [7, 11) is 5.03. The lowest BCUT2D eigenvalue weighted by Gasteiger charge is -2.10. The van der Waals surface area contributed by atoms with Crippen molar-refractivity contribution in [3.63, 3.8) is 0 Å². The molecule has 2 aromatic carbocycles. The molecule has 0 bridgehead atoms. The Hall–Kier alpha value is -2.42. The van der Waals surface area contributed by atoms with Crippen LogP contribution < -0.4 is 14.2 Å². The molecule has 0 radical (unpaired) electrons. The zero-order valence-corrected chi connectivity index (χ0v) is 13.2. The van der Waals surface area contributed by atoms with E-state index in [1.807, 2.05) is 12.1 Å². The summed E-state index contributed by atoms with van der Waals surface area (Å²) in [6.07, 6.45) is 4.31. The van der Waals surface area contributed by atoms with Gasteiger partial charge in [0.1, 0.15) is 5.75 Å². The molecule has 0 aliphatic heterocycles. The fourth-order valence-corrected chi connectivity index (χ4v) is 2.88. The molecule has 0 aromatic heterocycles. The number of hydrogen-bond acceptors (Lipinski definition) is 3. The Kier molecular flexibility index (Phi) is 4.05. The van der Waals surface area contributed by atoms with Gasteiger partial charge in [-0.15, -0.1) is 0 Å². The molecular formula is C19H20O3. The Balaban J connectivity index is 1.97. The second kappa shape index (κ2) is 6.14. The lowest BCUT2D eigenvalue weighted by molar-refractivity contribution is 0.354. The maximum Gasteiger partial charge on any atom is 0.161 e. The Labute approximate surface area is 131 Å². The van der Waals surface area contributed by atoms with E-state index < -0.39 is 0 Å². The minimum atomic E-state index is 0.781. The highest BCUT2D eigenvalue weighted by molar-refractivity contribution is 5.86. The van der Waals surface area contributed by atoms with Gasteiger partial charge in [-0.1, -0.05) is 18.2 Å². The van der Waals surface area contributed by atoms with Crippen molar-refractivity contribution in [3.05, 3.63) is 53.1 Å². The first-order valence-corrected chi connectivity index (χ1v) is 7.35. The molecule has 1 aliphatic carbocycles. The fraction of sp³-hybridized carbons (Fsp3) is 0.263. The first kappa shape index (κ1) is 14.5. The second-order valence-electron chi connectivity index (χ2n) is 5.31. The first-order valence-electron chi connectivity index (χ1n) is 7.35. The lowest BCUT2D eigenvalue weighted by Crippen LogP contribution is -1.93. The normalized spacial score (nSPS) is 14.8. The maximum absolute atomic E-state index is 5.42. The quantitative estimate of drug-likeness (QED) is 0.846. The van der Waals surface area contributed by atoms with Crippen molar-refractivity contribution in [2.75, 3.05) is 21.3 Å². The molecule has 0 fully saturated rings. The molecule has 3 nitrogen and oxygen atoms in total. The van der Waals surface area contributed by atoms with E-state index in [-0.39, 0.29) is 0 Å². The highest BCUT2D eigenvalue weighted by atomic mass is 16.5. The third-order valence-electron chi connectivity index (χ3n) is 4.08. The fourth-order valence-electron chi connectivity index (χ4n) is 2.88. The summed E-state index contributed by atoms with van der Waals surface area (Å²) in [6.45, 7) is 0. The summed E-state index contributed by atoms with van der Waals surface area (Å²) >= 11 is 0. The van der Waals surface area contributed by atoms with Crippen molar-refractivity contribution in [2.45, 2.75) is 12.8 Å². The lowest BCUT2D eigenvalue weighted by atomic mass is 10.0. The van der Waals surface area contributed by atoms with E-state index >= 15 is 0 Å². The van der Waals surface area contributed by atoms with E-state index in [4.69, 9.17) is 14.2 Å². The van der Waals surface area contributed by atoms with E-state index in [0.29, 0.717) is 0 Å². The molecule has 114 valence electrons. The molecule has 0 heterocycles. The van der Waals surface area contributed by atoms with Crippen molar-refractivity contribution in [3.8, 4) is 17.2 Å². The molecule has 0 N–H and O–H groups in total. The van der Waals surface area contributed by atoms with Crippen LogP contribution in [-0.2, 0) is 6.42 Å².